The number of hydrogen-bond acceptors (Lipinski definition) is 4. The van der Waals surface area contributed by atoms with Gasteiger partial charge in [-0.1, -0.05) is 0 Å². The van der Waals surface area contributed by atoms with Crippen molar-refractivity contribution >= 4 is 5.91 Å². The van der Waals surface area contributed by atoms with E-state index in [1.807, 2.05) is 0 Å². The van der Waals surface area contributed by atoms with Crippen LogP contribution in [-0.4, -0.2) is 45.0 Å². The number of carbonyl (C=O) groups excluding carboxylic acids is 1. The van der Waals surface area contributed by atoms with Crippen LogP contribution in [0.4, 0.5) is 0 Å². The lowest BCUT2D eigenvalue weighted by Gasteiger charge is -2.22. The summed E-state index contributed by atoms with van der Waals surface area (Å²) >= 11 is 0. The highest BCUT2D eigenvalue weighted by atomic mass is 16.7. The van der Waals surface area contributed by atoms with Crippen molar-refractivity contribution in [2.45, 2.75) is 19.4 Å². The van der Waals surface area contributed by atoms with Gasteiger partial charge >= 0.3 is 0 Å². The molecule has 1 aliphatic rings. The van der Waals surface area contributed by atoms with E-state index in [1.165, 1.54) is 6.92 Å². The topological polar surface area (TPSA) is 59.6 Å². The van der Waals surface area contributed by atoms with Crippen LogP contribution in [0.1, 0.15) is 13.3 Å². The maximum atomic E-state index is 10.5. The predicted octanol–water partition coefficient (Wildman–Crippen LogP) is -0.525. The largest absolute Gasteiger partial charge is 0.355 e. The average molecular weight is 202 g/mol. The summed E-state index contributed by atoms with van der Waals surface area (Å²) in [4.78, 5) is 10.5. The zero-order valence-corrected chi connectivity index (χ0v) is 8.54. The molecule has 14 heavy (non-hydrogen) atoms. The zero-order chi connectivity index (χ0) is 10.2. The van der Waals surface area contributed by atoms with E-state index in [1.54, 1.807) is 0 Å². The Balaban J connectivity index is 1.90. The fourth-order valence-electron chi connectivity index (χ4n) is 1.25. The maximum Gasteiger partial charge on any atom is 0.216 e. The average Bonchev–Trinajstić information content (AvgIpc) is 2.18. The number of ether oxygens (including phenoxy) is 2. The third kappa shape index (κ3) is 5.16. The molecule has 5 heteroatoms. The Morgan fingerprint density at radius 3 is 3.00 bits per heavy atom. The summed E-state index contributed by atoms with van der Waals surface area (Å²) in [5.41, 5.74) is 0. The zero-order valence-electron chi connectivity index (χ0n) is 8.54. The minimum Gasteiger partial charge on any atom is -0.355 e. The molecule has 1 fully saturated rings. The lowest BCUT2D eigenvalue weighted by Crippen LogP contribution is -2.37. The smallest absolute Gasteiger partial charge is 0.216 e. The van der Waals surface area contributed by atoms with Crippen LogP contribution in [0.3, 0.4) is 0 Å². The summed E-state index contributed by atoms with van der Waals surface area (Å²) in [5.74, 6) is 0.00844. The number of carbonyl (C=O) groups is 1. The summed E-state index contributed by atoms with van der Waals surface area (Å²) in [5, 5.41) is 5.93. The molecule has 0 bridgehead atoms. The second-order valence-corrected chi connectivity index (χ2v) is 3.29. The Hall–Kier alpha value is -0.650. The number of rotatable bonds is 5. The van der Waals surface area contributed by atoms with E-state index < -0.39 is 0 Å². The van der Waals surface area contributed by atoms with Gasteiger partial charge in [-0.05, 0) is 6.42 Å². The highest BCUT2D eigenvalue weighted by molar-refractivity contribution is 5.72. The SMILES string of the molecule is CC(=O)NCCNCC1CCOCO1. The van der Waals surface area contributed by atoms with Gasteiger partial charge in [-0.2, -0.15) is 0 Å². The Kier molecular flexibility index (Phi) is 5.51. The Morgan fingerprint density at radius 1 is 1.50 bits per heavy atom. The molecular weight excluding hydrogens is 184 g/mol. The van der Waals surface area contributed by atoms with E-state index in [0.29, 0.717) is 13.3 Å². The Morgan fingerprint density at radius 2 is 2.36 bits per heavy atom. The van der Waals surface area contributed by atoms with Crippen molar-refractivity contribution in [3.8, 4) is 0 Å². The molecular formula is C9H18N2O3. The van der Waals surface area contributed by atoms with Gasteiger partial charge in [-0.25, -0.2) is 0 Å². The quantitative estimate of drug-likeness (QED) is 0.589. The van der Waals surface area contributed by atoms with Gasteiger partial charge < -0.3 is 20.1 Å². The fourth-order valence-corrected chi connectivity index (χ4v) is 1.25. The molecule has 0 saturated carbocycles. The third-order valence-electron chi connectivity index (χ3n) is 2.02. The first-order valence-corrected chi connectivity index (χ1v) is 4.93. The summed E-state index contributed by atoms with van der Waals surface area (Å²) in [6.45, 7) is 4.96. The van der Waals surface area contributed by atoms with Crippen molar-refractivity contribution in [1.29, 1.82) is 0 Å². The van der Waals surface area contributed by atoms with E-state index in [4.69, 9.17) is 9.47 Å². The molecule has 1 amide bonds. The first-order valence-electron chi connectivity index (χ1n) is 4.93. The standard InChI is InChI=1S/C9H18N2O3/c1-8(12)11-4-3-10-6-9-2-5-13-7-14-9/h9-10H,2-7H2,1H3,(H,11,12). The van der Waals surface area contributed by atoms with Gasteiger partial charge in [0.2, 0.25) is 5.91 Å². The van der Waals surface area contributed by atoms with Crippen LogP contribution in [0.25, 0.3) is 0 Å². The van der Waals surface area contributed by atoms with Gasteiger partial charge in [-0.15, -0.1) is 0 Å². The minimum absolute atomic E-state index is 0.00844. The molecule has 0 aromatic rings. The van der Waals surface area contributed by atoms with Crippen molar-refractivity contribution in [3.63, 3.8) is 0 Å². The molecule has 82 valence electrons. The van der Waals surface area contributed by atoms with E-state index in [-0.39, 0.29) is 12.0 Å². The number of amides is 1. The van der Waals surface area contributed by atoms with Crippen LogP contribution in [-0.2, 0) is 14.3 Å². The lowest BCUT2D eigenvalue weighted by atomic mass is 10.2. The molecule has 0 radical (unpaired) electrons. The first-order chi connectivity index (χ1) is 6.79. The molecule has 1 saturated heterocycles. The second kappa shape index (κ2) is 6.75. The highest BCUT2D eigenvalue weighted by Gasteiger charge is 2.12. The third-order valence-corrected chi connectivity index (χ3v) is 2.02. The van der Waals surface area contributed by atoms with Crippen molar-refractivity contribution in [1.82, 2.24) is 10.6 Å². The van der Waals surface area contributed by atoms with Crippen molar-refractivity contribution in [2.24, 2.45) is 0 Å². The Bertz CT molecular complexity index is 169. The van der Waals surface area contributed by atoms with E-state index in [2.05, 4.69) is 10.6 Å². The molecule has 0 aliphatic carbocycles. The minimum atomic E-state index is 0.00844. The number of nitrogens with one attached hydrogen (secondary N) is 2. The molecule has 0 spiro atoms. The van der Waals surface area contributed by atoms with Gasteiger partial charge in [-0.3, -0.25) is 4.79 Å². The van der Waals surface area contributed by atoms with Gasteiger partial charge in [0.05, 0.1) is 12.7 Å². The van der Waals surface area contributed by atoms with Crippen LogP contribution in [0.15, 0.2) is 0 Å². The normalized spacial score (nSPS) is 21.9. The van der Waals surface area contributed by atoms with E-state index in [0.717, 1.165) is 26.1 Å². The molecule has 2 N–H and O–H groups in total. The van der Waals surface area contributed by atoms with Crippen LogP contribution >= 0.6 is 0 Å². The summed E-state index contributed by atoms with van der Waals surface area (Å²) in [6, 6.07) is 0. The molecule has 0 aromatic carbocycles. The van der Waals surface area contributed by atoms with E-state index in [9.17, 15) is 4.79 Å². The van der Waals surface area contributed by atoms with Crippen LogP contribution in [0, 0.1) is 0 Å². The van der Waals surface area contributed by atoms with Gasteiger partial charge in [0.25, 0.3) is 0 Å². The van der Waals surface area contributed by atoms with Crippen molar-refractivity contribution in [2.75, 3.05) is 33.0 Å². The maximum absolute atomic E-state index is 10.5. The molecule has 1 atom stereocenters. The summed E-state index contributed by atoms with van der Waals surface area (Å²) < 4.78 is 10.4. The first kappa shape index (κ1) is 11.4. The Labute approximate surface area is 84.1 Å². The van der Waals surface area contributed by atoms with Crippen LogP contribution in [0.2, 0.25) is 0 Å². The molecule has 1 aliphatic heterocycles. The van der Waals surface area contributed by atoms with Crippen LogP contribution < -0.4 is 10.6 Å². The molecule has 1 heterocycles. The molecule has 1 unspecified atom stereocenters. The highest BCUT2D eigenvalue weighted by Crippen LogP contribution is 2.03. The molecule has 5 nitrogen and oxygen atoms in total. The van der Waals surface area contributed by atoms with E-state index >= 15 is 0 Å². The van der Waals surface area contributed by atoms with Gasteiger partial charge in [0, 0.05) is 26.6 Å². The van der Waals surface area contributed by atoms with Crippen LogP contribution in [0.5, 0.6) is 0 Å². The fraction of sp³-hybridized carbons (Fsp3) is 0.889. The number of hydrogen-bond donors (Lipinski definition) is 2. The predicted molar refractivity (Wildman–Crippen MR) is 51.9 cm³/mol. The van der Waals surface area contributed by atoms with Gasteiger partial charge in [0.1, 0.15) is 6.79 Å². The van der Waals surface area contributed by atoms with Crippen molar-refractivity contribution in [3.05, 3.63) is 0 Å². The lowest BCUT2D eigenvalue weighted by molar-refractivity contribution is -0.137. The molecule has 1 rings (SSSR count). The second-order valence-electron chi connectivity index (χ2n) is 3.29. The molecule has 0 aromatic heterocycles. The monoisotopic (exact) mass is 202 g/mol. The summed E-state index contributed by atoms with van der Waals surface area (Å²) in [6.07, 6.45) is 1.19. The van der Waals surface area contributed by atoms with Crippen molar-refractivity contribution < 1.29 is 14.3 Å². The van der Waals surface area contributed by atoms with Gasteiger partial charge in [0.15, 0.2) is 0 Å². The summed E-state index contributed by atoms with van der Waals surface area (Å²) in [7, 11) is 0.